The Bertz CT molecular complexity index is 487. The molecule has 2 rings (SSSR count). The predicted octanol–water partition coefficient (Wildman–Crippen LogP) is 1.05. The van der Waals surface area contributed by atoms with Crippen molar-refractivity contribution >= 4 is 11.6 Å². The lowest BCUT2D eigenvalue weighted by Crippen LogP contribution is -2.33. The van der Waals surface area contributed by atoms with E-state index in [1.54, 1.807) is 0 Å². The summed E-state index contributed by atoms with van der Waals surface area (Å²) in [5.41, 5.74) is 4.02. The summed E-state index contributed by atoms with van der Waals surface area (Å²) in [6.07, 6.45) is 1.59. The number of rotatable bonds is 4. The van der Waals surface area contributed by atoms with E-state index in [0.29, 0.717) is 0 Å². The molecule has 0 saturated heterocycles. The third-order valence-corrected chi connectivity index (χ3v) is 3.26. The summed E-state index contributed by atoms with van der Waals surface area (Å²) in [6, 6.07) is 2.02. The van der Waals surface area contributed by atoms with E-state index < -0.39 is 23.1 Å². The van der Waals surface area contributed by atoms with E-state index in [2.05, 4.69) is 5.32 Å². The number of hydrogen-bond acceptors (Lipinski definition) is 3. The smallest absolute Gasteiger partial charge is 0.257 e. The lowest BCUT2D eigenvalue weighted by atomic mass is 10.1. The highest BCUT2D eigenvalue weighted by Crippen LogP contribution is 2.44. The second kappa shape index (κ2) is 4.53. The fourth-order valence-corrected chi connectivity index (χ4v) is 1.70. The number of nitrogens with one attached hydrogen (secondary N) is 1. The molecule has 0 aromatic heterocycles. The van der Waals surface area contributed by atoms with Crippen molar-refractivity contribution in [2.75, 3.05) is 18.9 Å². The third kappa shape index (κ3) is 2.28. The first-order chi connectivity index (χ1) is 8.49. The number of aliphatic hydroxyl groups excluding tert-OH is 1. The van der Waals surface area contributed by atoms with Crippen LogP contribution in [0.3, 0.4) is 0 Å². The van der Waals surface area contributed by atoms with Crippen molar-refractivity contribution in [3.8, 4) is 0 Å². The zero-order valence-electron chi connectivity index (χ0n) is 9.67. The monoisotopic (exact) mass is 256 g/mol. The van der Waals surface area contributed by atoms with Crippen molar-refractivity contribution in [1.29, 1.82) is 0 Å². The highest BCUT2D eigenvalue weighted by atomic mass is 19.1. The van der Waals surface area contributed by atoms with Crippen molar-refractivity contribution in [2.45, 2.75) is 12.8 Å². The van der Waals surface area contributed by atoms with Gasteiger partial charge in [-0.2, -0.15) is 0 Å². The lowest BCUT2D eigenvalue weighted by Gasteiger charge is -2.13. The topological polar surface area (TPSA) is 75.4 Å². The van der Waals surface area contributed by atoms with Gasteiger partial charge in [-0.3, -0.25) is 4.79 Å². The summed E-state index contributed by atoms with van der Waals surface area (Å²) in [5.74, 6) is -2.86. The molecule has 6 heteroatoms. The summed E-state index contributed by atoms with van der Waals surface area (Å²) in [5, 5.41) is 11.5. The maximum Gasteiger partial charge on any atom is 0.257 e. The van der Waals surface area contributed by atoms with Gasteiger partial charge >= 0.3 is 0 Å². The van der Waals surface area contributed by atoms with Gasteiger partial charge in [0.15, 0.2) is 5.82 Å². The third-order valence-electron chi connectivity index (χ3n) is 3.26. The molecule has 0 unspecified atom stereocenters. The predicted molar refractivity (Wildman–Crippen MR) is 61.9 cm³/mol. The van der Waals surface area contributed by atoms with Gasteiger partial charge in [0.1, 0.15) is 11.4 Å². The van der Waals surface area contributed by atoms with Crippen LogP contribution in [0.4, 0.5) is 14.5 Å². The summed E-state index contributed by atoms with van der Waals surface area (Å²) >= 11 is 0. The maximum absolute atomic E-state index is 13.6. The second-order valence-corrected chi connectivity index (χ2v) is 4.67. The van der Waals surface area contributed by atoms with Crippen LogP contribution in [0.5, 0.6) is 0 Å². The van der Waals surface area contributed by atoms with Crippen LogP contribution in [-0.4, -0.2) is 24.2 Å². The molecule has 1 aliphatic rings. The van der Waals surface area contributed by atoms with Gasteiger partial charge in [0.05, 0.1) is 12.3 Å². The minimum atomic E-state index is -1.05. The summed E-state index contributed by atoms with van der Waals surface area (Å²) in [6.45, 7) is 0.158. The molecule has 18 heavy (non-hydrogen) atoms. The van der Waals surface area contributed by atoms with Crippen molar-refractivity contribution in [3.63, 3.8) is 0 Å². The van der Waals surface area contributed by atoms with Crippen LogP contribution in [0.15, 0.2) is 12.1 Å². The minimum Gasteiger partial charge on any atom is -0.396 e. The Morgan fingerprint density at radius 1 is 1.44 bits per heavy atom. The molecule has 98 valence electrons. The van der Waals surface area contributed by atoms with Crippen molar-refractivity contribution in [2.24, 2.45) is 5.41 Å². The van der Waals surface area contributed by atoms with Crippen molar-refractivity contribution in [3.05, 3.63) is 29.3 Å². The van der Waals surface area contributed by atoms with Crippen LogP contribution >= 0.6 is 0 Å². The standard InChI is InChI=1S/C12H14F2N2O2/c13-7-1-2-8(15)10(14)9(7)11(18)16-5-12(6-17)3-4-12/h1-2,17H,3-6,15H2,(H,16,18). The van der Waals surface area contributed by atoms with Gasteiger partial charge < -0.3 is 16.2 Å². The van der Waals surface area contributed by atoms with Gasteiger partial charge in [-0.15, -0.1) is 0 Å². The van der Waals surface area contributed by atoms with Gasteiger partial charge in [0.2, 0.25) is 0 Å². The Hall–Kier alpha value is -1.69. The zero-order chi connectivity index (χ0) is 13.3. The molecular formula is C12H14F2N2O2. The SMILES string of the molecule is Nc1ccc(F)c(C(=O)NCC2(CO)CC2)c1F. The first-order valence-corrected chi connectivity index (χ1v) is 5.62. The average Bonchev–Trinajstić information content (AvgIpc) is 3.13. The highest BCUT2D eigenvalue weighted by Gasteiger charge is 2.42. The van der Waals surface area contributed by atoms with E-state index in [1.165, 1.54) is 0 Å². The molecule has 0 aliphatic heterocycles. The van der Waals surface area contributed by atoms with E-state index in [9.17, 15) is 13.6 Å². The molecule has 1 saturated carbocycles. The molecule has 4 nitrogen and oxygen atoms in total. The molecule has 1 aromatic carbocycles. The normalized spacial score (nSPS) is 16.4. The number of nitrogen functional groups attached to an aromatic ring is 1. The summed E-state index contributed by atoms with van der Waals surface area (Å²) in [7, 11) is 0. The minimum absolute atomic E-state index is 0.0465. The molecule has 4 N–H and O–H groups in total. The molecule has 0 heterocycles. The van der Waals surface area contributed by atoms with Crippen LogP contribution in [-0.2, 0) is 0 Å². The number of amides is 1. The maximum atomic E-state index is 13.6. The van der Waals surface area contributed by atoms with Gasteiger partial charge in [0, 0.05) is 12.0 Å². The molecule has 0 spiro atoms. The molecular weight excluding hydrogens is 242 g/mol. The molecule has 1 fully saturated rings. The van der Waals surface area contributed by atoms with E-state index in [-0.39, 0.29) is 24.3 Å². The summed E-state index contributed by atoms with van der Waals surface area (Å²) < 4.78 is 26.9. The van der Waals surface area contributed by atoms with Crippen LogP contribution < -0.4 is 11.1 Å². The van der Waals surface area contributed by atoms with Gasteiger partial charge in [-0.05, 0) is 25.0 Å². The summed E-state index contributed by atoms with van der Waals surface area (Å²) in [4.78, 5) is 11.7. The number of hydrogen-bond donors (Lipinski definition) is 3. The number of aliphatic hydroxyl groups is 1. The van der Waals surface area contributed by atoms with Crippen molar-refractivity contribution in [1.82, 2.24) is 5.32 Å². The van der Waals surface area contributed by atoms with Crippen LogP contribution in [0.25, 0.3) is 0 Å². The van der Waals surface area contributed by atoms with Crippen molar-refractivity contribution < 1.29 is 18.7 Å². The number of benzene rings is 1. The number of carbonyl (C=O) groups is 1. The van der Waals surface area contributed by atoms with Gasteiger partial charge in [0.25, 0.3) is 5.91 Å². The van der Waals surface area contributed by atoms with E-state index in [1.807, 2.05) is 0 Å². The quantitative estimate of drug-likeness (QED) is 0.705. The fourth-order valence-electron chi connectivity index (χ4n) is 1.70. The fraction of sp³-hybridized carbons (Fsp3) is 0.417. The highest BCUT2D eigenvalue weighted by molar-refractivity contribution is 5.95. The Morgan fingerprint density at radius 2 is 2.11 bits per heavy atom. The van der Waals surface area contributed by atoms with E-state index in [0.717, 1.165) is 25.0 Å². The molecule has 0 atom stereocenters. The first kappa shape index (κ1) is 12.8. The molecule has 1 aliphatic carbocycles. The number of carbonyl (C=O) groups excluding carboxylic acids is 1. The van der Waals surface area contributed by atoms with Crippen LogP contribution in [0, 0.1) is 17.0 Å². The van der Waals surface area contributed by atoms with E-state index >= 15 is 0 Å². The average molecular weight is 256 g/mol. The van der Waals surface area contributed by atoms with Crippen LogP contribution in [0.2, 0.25) is 0 Å². The zero-order valence-corrected chi connectivity index (χ0v) is 9.67. The Balaban J connectivity index is 2.12. The van der Waals surface area contributed by atoms with E-state index in [4.69, 9.17) is 10.8 Å². The molecule has 0 bridgehead atoms. The van der Waals surface area contributed by atoms with Crippen LogP contribution in [0.1, 0.15) is 23.2 Å². The number of nitrogens with two attached hydrogens (primary N) is 1. The lowest BCUT2D eigenvalue weighted by molar-refractivity contribution is 0.0927. The largest absolute Gasteiger partial charge is 0.396 e. The second-order valence-electron chi connectivity index (χ2n) is 4.67. The Morgan fingerprint density at radius 3 is 2.67 bits per heavy atom. The first-order valence-electron chi connectivity index (χ1n) is 5.62. The van der Waals surface area contributed by atoms with Gasteiger partial charge in [-0.1, -0.05) is 0 Å². The molecule has 1 amide bonds. The molecule has 0 radical (unpaired) electrons. The number of anilines is 1. The molecule has 1 aromatic rings. The Labute approximate surface area is 103 Å². The van der Waals surface area contributed by atoms with Gasteiger partial charge in [-0.25, -0.2) is 8.78 Å². The number of halogens is 2. The Kier molecular flexibility index (Phi) is 3.21.